The van der Waals surface area contributed by atoms with Gasteiger partial charge in [-0.25, -0.2) is 4.98 Å². The quantitative estimate of drug-likeness (QED) is 0.663. The number of pyridine rings is 1. The van der Waals surface area contributed by atoms with Crippen molar-refractivity contribution in [3.05, 3.63) is 88.7 Å². The third-order valence-corrected chi connectivity index (χ3v) is 4.35. The number of aryl methyl sites for hydroxylation is 1. The van der Waals surface area contributed by atoms with Crippen LogP contribution in [0.3, 0.4) is 0 Å². The first-order chi connectivity index (χ1) is 12.6. The summed E-state index contributed by atoms with van der Waals surface area (Å²) in [4.78, 5) is 21.5. The predicted octanol–water partition coefficient (Wildman–Crippen LogP) is 3.63. The molecule has 0 spiro atoms. The zero-order valence-electron chi connectivity index (χ0n) is 15.3. The van der Waals surface area contributed by atoms with E-state index in [0.29, 0.717) is 17.8 Å². The molecule has 0 bridgehead atoms. The van der Waals surface area contributed by atoms with Crippen LogP contribution in [0.5, 0.6) is 0 Å². The van der Waals surface area contributed by atoms with Crippen LogP contribution >= 0.6 is 0 Å². The lowest BCUT2D eigenvalue weighted by atomic mass is 10.1. The van der Waals surface area contributed by atoms with Gasteiger partial charge in [0.15, 0.2) is 5.65 Å². The minimum Gasteiger partial charge on any atom is -0.284 e. The van der Waals surface area contributed by atoms with Crippen LogP contribution in [0.2, 0.25) is 0 Å². The van der Waals surface area contributed by atoms with E-state index in [2.05, 4.69) is 11.1 Å². The van der Waals surface area contributed by atoms with Gasteiger partial charge in [-0.05, 0) is 32.4 Å². The van der Waals surface area contributed by atoms with Crippen molar-refractivity contribution in [1.29, 1.82) is 0 Å². The minimum atomic E-state index is -0.0874. The number of hydrogen-bond acceptors (Lipinski definition) is 3. The standard InChI is InChI=1S/C21H22N4O/c1-4-5-6-7-8-9-10-18-16(2)24(3)25-20(26)15-19(23-21(18)25)17-11-13-22-14-12-17/h4-9,11-15H,10H2,1-3H3. The lowest BCUT2D eigenvalue weighted by molar-refractivity contribution is 0.660. The Morgan fingerprint density at radius 1 is 1.12 bits per heavy atom. The van der Waals surface area contributed by atoms with Gasteiger partial charge in [0.05, 0.1) is 5.69 Å². The molecule has 0 aliphatic heterocycles. The Kier molecular flexibility index (Phi) is 5.27. The van der Waals surface area contributed by atoms with Gasteiger partial charge in [0.2, 0.25) is 0 Å². The molecule has 3 aromatic heterocycles. The number of rotatable bonds is 5. The first-order valence-corrected chi connectivity index (χ1v) is 8.56. The van der Waals surface area contributed by atoms with Crippen LogP contribution in [0.25, 0.3) is 16.9 Å². The summed E-state index contributed by atoms with van der Waals surface area (Å²) in [7, 11) is 1.89. The number of aromatic nitrogens is 4. The smallest absolute Gasteiger partial charge is 0.273 e. The molecule has 0 fully saturated rings. The van der Waals surface area contributed by atoms with E-state index in [-0.39, 0.29) is 5.56 Å². The van der Waals surface area contributed by atoms with Gasteiger partial charge < -0.3 is 0 Å². The van der Waals surface area contributed by atoms with Crippen molar-refractivity contribution < 1.29 is 0 Å². The highest BCUT2D eigenvalue weighted by Crippen LogP contribution is 2.20. The van der Waals surface area contributed by atoms with Crippen LogP contribution in [0.4, 0.5) is 0 Å². The highest BCUT2D eigenvalue weighted by Gasteiger charge is 2.15. The first kappa shape index (κ1) is 17.6. The molecule has 5 heteroatoms. The predicted molar refractivity (Wildman–Crippen MR) is 105 cm³/mol. The molecule has 0 atom stereocenters. The number of hydrogen-bond donors (Lipinski definition) is 0. The average molecular weight is 346 g/mol. The van der Waals surface area contributed by atoms with Gasteiger partial charge in [-0.2, -0.15) is 4.52 Å². The van der Waals surface area contributed by atoms with Crippen molar-refractivity contribution in [2.24, 2.45) is 7.05 Å². The molecule has 3 heterocycles. The highest BCUT2D eigenvalue weighted by molar-refractivity contribution is 5.63. The third kappa shape index (κ3) is 3.42. The van der Waals surface area contributed by atoms with Crippen molar-refractivity contribution >= 4 is 5.65 Å². The summed E-state index contributed by atoms with van der Waals surface area (Å²) < 4.78 is 3.48. The molecule has 0 radical (unpaired) electrons. The molecule has 0 amide bonds. The van der Waals surface area contributed by atoms with Crippen LogP contribution in [0.1, 0.15) is 18.2 Å². The summed E-state index contributed by atoms with van der Waals surface area (Å²) >= 11 is 0. The van der Waals surface area contributed by atoms with Gasteiger partial charge in [0, 0.05) is 42.3 Å². The molecule has 3 aromatic rings. The van der Waals surface area contributed by atoms with E-state index in [1.54, 1.807) is 23.0 Å². The third-order valence-electron chi connectivity index (χ3n) is 4.35. The molecule has 5 nitrogen and oxygen atoms in total. The van der Waals surface area contributed by atoms with Gasteiger partial charge in [-0.3, -0.25) is 14.5 Å². The molecule has 0 saturated carbocycles. The second-order valence-electron chi connectivity index (χ2n) is 5.98. The molecule has 132 valence electrons. The Hall–Kier alpha value is -3.21. The number of allylic oxidation sites excluding steroid dienone is 6. The molecule has 0 aromatic carbocycles. The van der Waals surface area contributed by atoms with E-state index in [1.807, 2.05) is 68.1 Å². The van der Waals surface area contributed by atoms with E-state index < -0.39 is 0 Å². The molecule has 3 rings (SSSR count). The van der Waals surface area contributed by atoms with Gasteiger partial charge >= 0.3 is 0 Å². The van der Waals surface area contributed by atoms with Crippen LogP contribution in [0, 0.1) is 6.92 Å². The summed E-state index contributed by atoms with van der Waals surface area (Å²) in [6.45, 7) is 4.00. The Labute approximate surface area is 152 Å². The SMILES string of the molecule is CC=CC=CC=CCc1c(C)n(C)n2c(=O)cc(-c3ccncc3)nc12. The summed E-state index contributed by atoms with van der Waals surface area (Å²) in [6, 6.07) is 5.29. The van der Waals surface area contributed by atoms with E-state index in [4.69, 9.17) is 4.98 Å². The van der Waals surface area contributed by atoms with Gasteiger partial charge in [-0.15, -0.1) is 0 Å². The topological polar surface area (TPSA) is 52.2 Å². The maximum absolute atomic E-state index is 12.7. The fourth-order valence-corrected chi connectivity index (χ4v) is 2.88. The van der Waals surface area contributed by atoms with Crippen LogP contribution in [-0.2, 0) is 13.5 Å². The number of fused-ring (bicyclic) bond motifs is 1. The van der Waals surface area contributed by atoms with E-state index in [0.717, 1.165) is 16.8 Å². The van der Waals surface area contributed by atoms with Crippen LogP contribution in [-0.4, -0.2) is 19.2 Å². The lowest BCUT2D eigenvalue weighted by Gasteiger charge is -2.03. The number of nitrogens with zero attached hydrogens (tertiary/aromatic N) is 4. The van der Waals surface area contributed by atoms with Gasteiger partial charge in [0.25, 0.3) is 5.56 Å². The van der Waals surface area contributed by atoms with E-state index >= 15 is 0 Å². The summed E-state index contributed by atoms with van der Waals surface area (Å²) in [5.41, 5.74) is 4.25. The molecule has 0 unspecified atom stereocenters. The largest absolute Gasteiger partial charge is 0.284 e. The Morgan fingerprint density at radius 3 is 2.58 bits per heavy atom. The molecular weight excluding hydrogens is 324 g/mol. The first-order valence-electron chi connectivity index (χ1n) is 8.56. The lowest BCUT2D eigenvalue weighted by Crippen LogP contribution is -2.19. The molecule has 0 saturated heterocycles. The normalized spacial score (nSPS) is 12.3. The Morgan fingerprint density at radius 2 is 1.85 bits per heavy atom. The van der Waals surface area contributed by atoms with E-state index in [9.17, 15) is 4.79 Å². The molecule has 0 aliphatic rings. The Bertz CT molecular complexity index is 1050. The van der Waals surface area contributed by atoms with Crippen molar-refractivity contribution in [3.8, 4) is 11.3 Å². The zero-order valence-corrected chi connectivity index (χ0v) is 15.3. The maximum atomic E-state index is 12.7. The summed E-state index contributed by atoms with van der Waals surface area (Å²) in [6.07, 6.45) is 16.1. The van der Waals surface area contributed by atoms with Crippen LogP contribution < -0.4 is 5.56 Å². The highest BCUT2D eigenvalue weighted by atomic mass is 16.1. The summed E-state index contributed by atoms with van der Waals surface area (Å²) in [5, 5.41) is 0. The molecule has 26 heavy (non-hydrogen) atoms. The van der Waals surface area contributed by atoms with E-state index in [1.165, 1.54) is 0 Å². The summed E-state index contributed by atoms with van der Waals surface area (Å²) in [5.74, 6) is 0. The monoisotopic (exact) mass is 346 g/mol. The maximum Gasteiger partial charge on any atom is 0.273 e. The zero-order chi connectivity index (χ0) is 18.5. The van der Waals surface area contributed by atoms with Crippen molar-refractivity contribution in [2.75, 3.05) is 0 Å². The van der Waals surface area contributed by atoms with Crippen molar-refractivity contribution in [3.63, 3.8) is 0 Å². The Balaban J connectivity index is 2.06. The van der Waals surface area contributed by atoms with Crippen LogP contribution in [0.15, 0.2) is 71.8 Å². The van der Waals surface area contributed by atoms with Crippen molar-refractivity contribution in [1.82, 2.24) is 19.2 Å². The second kappa shape index (κ2) is 7.78. The van der Waals surface area contributed by atoms with Gasteiger partial charge in [-0.1, -0.05) is 36.5 Å². The molecular formula is C21H22N4O. The minimum absolute atomic E-state index is 0.0874. The van der Waals surface area contributed by atoms with Crippen molar-refractivity contribution in [2.45, 2.75) is 20.3 Å². The second-order valence-corrected chi connectivity index (χ2v) is 5.98. The molecule has 0 aliphatic carbocycles. The average Bonchev–Trinajstić information content (AvgIpc) is 2.90. The van der Waals surface area contributed by atoms with Gasteiger partial charge in [0.1, 0.15) is 0 Å². The molecule has 0 N–H and O–H groups in total. The fraction of sp³-hybridized carbons (Fsp3) is 0.190. The fourth-order valence-electron chi connectivity index (χ4n) is 2.88.